The highest BCUT2D eigenvalue weighted by molar-refractivity contribution is 6.07. The summed E-state index contributed by atoms with van der Waals surface area (Å²) in [4.78, 5) is 27.7. The third-order valence-electron chi connectivity index (χ3n) is 7.30. The van der Waals surface area contributed by atoms with Gasteiger partial charge in [-0.3, -0.25) is 14.5 Å². The number of fused-ring (bicyclic) bond motifs is 6. The zero-order valence-electron chi connectivity index (χ0n) is 14.6. The summed E-state index contributed by atoms with van der Waals surface area (Å²) in [6.45, 7) is 0.857. The zero-order chi connectivity index (χ0) is 17.2. The molecule has 132 valence electrons. The van der Waals surface area contributed by atoms with E-state index in [0.29, 0.717) is 18.6 Å². The van der Waals surface area contributed by atoms with Gasteiger partial charge in [-0.05, 0) is 37.3 Å². The van der Waals surface area contributed by atoms with Gasteiger partial charge in [-0.25, -0.2) is 0 Å². The Morgan fingerprint density at radius 1 is 1.16 bits per heavy atom. The van der Waals surface area contributed by atoms with E-state index in [0.717, 1.165) is 43.5 Å². The van der Waals surface area contributed by atoms with Crippen LogP contribution < -0.4 is 5.32 Å². The lowest BCUT2D eigenvalue weighted by Crippen LogP contribution is -2.64. The number of piperidine rings is 1. The van der Waals surface area contributed by atoms with Crippen LogP contribution in [0.15, 0.2) is 24.3 Å². The fourth-order valence-corrected chi connectivity index (χ4v) is 6.07. The normalized spacial score (nSPS) is 39.9. The number of amides is 1. The van der Waals surface area contributed by atoms with Crippen LogP contribution in [0.4, 0.5) is 5.69 Å². The number of benzene rings is 1. The van der Waals surface area contributed by atoms with Crippen LogP contribution in [0.2, 0.25) is 0 Å². The molecule has 0 radical (unpaired) electrons. The number of para-hydroxylation sites is 1. The van der Waals surface area contributed by atoms with Gasteiger partial charge in [0.15, 0.2) is 0 Å². The van der Waals surface area contributed by atoms with Crippen molar-refractivity contribution in [3.8, 4) is 0 Å². The minimum Gasteiger partial charge on any atom is -0.377 e. The molecule has 1 aromatic carbocycles. The highest BCUT2D eigenvalue weighted by Gasteiger charge is 2.63. The van der Waals surface area contributed by atoms with Crippen molar-refractivity contribution < 1.29 is 14.3 Å². The van der Waals surface area contributed by atoms with Gasteiger partial charge in [-0.2, -0.15) is 0 Å². The highest BCUT2D eigenvalue weighted by Crippen LogP contribution is 2.55. The van der Waals surface area contributed by atoms with Crippen molar-refractivity contribution in [2.45, 2.75) is 61.6 Å². The van der Waals surface area contributed by atoms with E-state index in [2.05, 4.69) is 16.3 Å². The summed E-state index contributed by atoms with van der Waals surface area (Å²) in [6, 6.07) is 8.36. The molecule has 0 aromatic heterocycles. The standard InChI is InChI=1S/C20H24N2O3/c1-25-19-8-6-13(23)12-17(19)22-11-10-20(16(22)7-9-19)14-4-2-3-5-15(14)21-18(20)24/h2-5,16-17H,6-12H2,1H3,(H,21,24)/t16-,17+,19-,20?/m0/s1. The molecule has 3 fully saturated rings. The predicted molar refractivity (Wildman–Crippen MR) is 93.5 cm³/mol. The highest BCUT2D eigenvalue weighted by atomic mass is 16.5. The van der Waals surface area contributed by atoms with Gasteiger partial charge in [-0.15, -0.1) is 0 Å². The molecule has 4 atom stereocenters. The minimum atomic E-state index is -0.461. The molecule has 5 heteroatoms. The van der Waals surface area contributed by atoms with E-state index in [1.54, 1.807) is 7.11 Å². The van der Waals surface area contributed by atoms with Crippen LogP contribution >= 0.6 is 0 Å². The molecule has 1 aliphatic carbocycles. The summed E-state index contributed by atoms with van der Waals surface area (Å²) >= 11 is 0. The second kappa shape index (κ2) is 5.15. The van der Waals surface area contributed by atoms with Crippen molar-refractivity contribution in [2.24, 2.45) is 0 Å². The predicted octanol–water partition coefficient (Wildman–Crippen LogP) is 2.25. The van der Waals surface area contributed by atoms with Crippen molar-refractivity contribution in [3.05, 3.63) is 29.8 Å². The number of carbonyl (C=O) groups is 2. The molecule has 5 nitrogen and oxygen atoms in total. The van der Waals surface area contributed by atoms with Crippen LogP contribution in [-0.4, -0.2) is 47.9 Å². The van der Waals surface area contributed by atoms with Crippen LogP contribution in [0.5, 0.6) is 0 Å². The lowest BCUT2D eigenvalue weighted by molar-refractivity contribution is -0.155. The average Bonchev–Trinajstić information content (AvgIpc) is 3.15. The van der Waals surface area contributed by atoms with Gasteiger partial charge >= 0.3 is 0 Å². The smallest absolute Gasteiger partial charge is 0.236 e. The molecule has 3 aliphatic heterocycles. The number of nitrogens with zero attached hydrogens (tertiary/aromatic N) is 1. The number of ketones is 1. The number of methoxy groups -OCH3 is 1. The van der Waals surface area contributed by atoms with Crippen LogP contribution in [0.1, 0.15) is 44.1 Å². The molecule has 0 bridgehead atoms. The van der Waals surface area contributed by atoms with Crippen LogP contribution in [-0.2, 0) is 19.7 Å². The first kappa shape index (κ1) is 15.5. The third kappa shape index (κ3) is 1.86. The Hall–Kier alpha value is -1.72. The number of Topliss-reactive ketones (excluding diaryl/α,β-unsaturated/α-hetero) is 1. The summed E-state index contributed by atoms with van der Waals surface area (Å²) in [5, 5.41) is 3.10. The van der Waals surface area contributed by atoms with Crippen molar-refractivity contribution in [1.82, 2.24) is 4.90 Å². The molecule has 3 heterocycles. The fourth-order valence-electron chi connectivity index (χ4n) is 6.07. The Labute approximate surface area is 147 Å². The Morgan fingerprint density at radius 3 is 2.84 bits per heavy atom. The van der Waals surface area contributed by atoms with E-state index in [-0.39, 0.29) is 23.6 Å². The Morgan fingerprint density at radius 2 is 2.00 bits per heavy atom. The van der Waals surface area contributed by atoms with E-state index in [4.69, 9.17) is 4.74 Å². The average molecular weight is 340 g/mol. The quantitative estimate of drug-likeness (QED) is 0.852. The van der Waals surface area contributed by atoms with Gasteiger partial charge in [0.1, 0.15) is 5.78 Å². The maximum absolute atomic E-state index is 13.0. The molecular weight excluding hydrogens is 316 g/mol. The second-order valence-electron chi connectivity index (χ2n) is 8.04. The van der Waals surface area contributed by atoms with Crippen molar-refractivity contribution >= 4 is 17.4 Å². The minimum absolute atomic E-state index is 0.109. The van der Waals surface area contributed by atoms with Gasteiger partial charge in [0.2, 0.25) is 5.91 Å². The van der Waals surface area contributed by atoms with E-state index >= 15 is 0 Å². The van der Waals surface area contributed by atoms with Crippen molar-refractivity contribution in [2.75, 3.05) is 19.0 Å². The first-order chi connectivity index (χ1) is 12.1. The topological polar surface area (TPSA) is 58.6 Å². The summed E-state index contributed by atoms with van der Waals surface area (Å²) in [7, 11) is 1.78. The van der Waals surface area contributed by atoms with Crippen LogP contribution in [0.25, 0.3) is 0 Å². The molecule has 1 N–H and O–H groups in total. The first-order valence-corrected chi connectivity index (χ1v) is 9.34. The molecule has 1 unspecified atom stereocenters. The molecule has 1 saturated carbocycles. The molecular formula is C20H24N2O3. The molecule has 2 saturated heterocycles. The number of hydrogen-bond acceptors (Lipinski definition) is 4. The van der Waals surface area contributed by atoms with Crippen LogP contribution in [0, 0.1) is 0 Å². The van der Waals surface area contributed by atoms with E-state index < -0.39 is 5.41 Å². The first-order valence-electron chi connectivity index (χ1n) is 9.34. The van der Waals surface area contributed by atoms with Crippen molar-refractivity contribution in [3.63, 3.8) is 0 Å². The second-order valence-corrected chi connectivity index (χ2v) is 8.04. The summed E-state index contributed by atoms with van der Waals surface area (Å²) in [5.74, 6) is 0.462. The summed E-state index contributed by atoms with van der Waals surface area (Å²) in [5.41, 5.74) is 1.42. The van der Waals surface area contributed by atoms with Gasteiger partial charge in [-0.1, -0.05) is 18.2 Å². The third-order valence-corrected chi connectivity index (χ3v) is 7.30. The molecule has 1 aromatic rings. The Bertz CT molecular complexity index is 763. The molecule has 5 rings (SSSR count). The summed E-state index contributed by atoms with van der Waals surface area (Å²) in [6.07, 6.45) is 4.69. The van der Waals surface area contributed by atoms with Gasteiger partial charge in [0, 0.05) is 44.3 Å². The molecule has 1 spiro atoms. The molecule has 25 heavy (non-hydrogen) atoms. The maximum Gasteiger partial charge on any atom is 0.236 e. The lowest BCUT2D eigenvalue weighted by atomic mass is 9.67. The number of anilines is 1. The fraction of sp³-hybridized carbons (Fsp3) is 0.600. The SMILES string of the molecule is CO[C@]12CCC(=O)C[C@H]1N1CCC3(C(=O)Nc4ccccc43)[C@@H]1CC2. The zero-order valence-corrected chi connectivity index (χ0v) is 14.6. The molecule has 4 aliphatic rings. The van der Waals surface area contributed by atoms with Gasteiger partial charge < -0.3 is 10.1 Å². The van der Waals surface area contributed by atoms with Gasteiger partial charge in [0.05, 0.1) is 11.0 Å². The lowest BCUT2D eigenvalue weighted by Gasteiger charge is -2.54. The molecule has 1 amide bonds. The van der Waals surface area contributed by atoms with E-state index in [1.807, 2.05) is 18.2 Å². The number of nitrogens with one attached hydrogen (secondary N) is 1. The van der Waals surface area contributed by atoms with Crippen molar-refractivity contribution in [1.29, 1.82) is 0 Å². The number of rotatable bonds is 1. The number of carbonyl (C=O) groups excluding carboxylic acids is 2. The Balaban J connectivity index is 1.57. The number of ether oxygens (including phenoxy) is 1. The van der Waals surface area contributed by atoms with Gasteiger partial charge in [0.25, 0.3) is 0 Å². The van der Waals surface area contributed by atoms with Crippen LogP contribution in [0.3, 0.4) is 0 Å². The summed E-state index contributed by atoms with van der Waals surface area (Å²) < 4.78 is 5.99. The number of hydrogen-bond donors (Lipinski definition) is 1. The largest absolute Gasteiger partial charge is 0.377 e. The van der Waals surface area contributed by atoms with E-state index in [1.165, 1.54) is 0 Å². The van der Waals surface area contributed by atoms with E-state index in [9.17, 15) is 9.59 Å². The monoisotopic (exact) mass is 340 g/mol. The maximum atomic E-state index is 13.0. The Kier molecular flexibility index (Phi) is 3.20.